The lowest BCUT2D eigenvalue weighted by Crippen LogP contribution is -2.50. The van der Waals surface area contributed by atoms with Crippen molar-refractivity contribution in [2.75, 3.05) is 7.05 Å². The Kier molecular flexibility index (Phi) is 5.13. The van der Waals surface area contributed by atoms with Crippen LogP contribution in [-0.2, 0) is 11.3 Å². The van der Waals surface area contributed by atoms with Gasteiger partial charge in [-0.05, 0) is 42.3 Å². The standard InChI is InChI=1S/C17H19BrN6O/c1-23(17(12-19)9-3-2-4-10-17)15(25)11-24-21-16(20-22-24)13-5-7-14(18)8-6-13/h5-8H,2-4,9-11H2,1H3. The third-order valence-corrected chi connectivity index (χ3v) is 5.27. The van der Waals surface area contributed by atoms with Crippen LogP contribution in [0.25, 0.3) is 11.4 Å². The fourth-order valence-electron chi connectivity index (χ4n) is 3.15. The van der Waals surface area contributed by atoms with E-state index < -0.39 is 5.54 Å². The fourth-order valence-corrected chi connectivity index (χ4v) is 3.41. The van der Waals surface area contributed by atoms with Crippen molar-refractivity contribution in [1.29, 1.82) is 5.26 Å². The first-order valence-corrected chi connectivity index (χ1v) is 9.05. The summed E-state index contributed by atoms with van der Waals surface area (Å²) in [5, 5.41) is 21.9. The van der Waals surface area contributed by atoms with Gasteiger partial charge >= 0.3 is 0 Å². The lowest BCUT2D eigenvalue weighted by atomic mass is 9.81. The molecule has 0 radical (unpaired) electrons. The minimum atomic E-state index is -0.704. The Morgan fingerprint density at radius 3 is 2.64 bits per heavy atom. The van der Waals surface area contributed by atoms with Crippen molar-refractivity contribution in [1.82, 2.24) is 25.1 Å². The van der Waals surface area contributed by atoms with Crippen LogP contribution in [0.1, 0.15) is 32.1 Å². The van der Waals surface area contributed by atoms with Crippen molar-refractivity contribution in [3.8, 4) is 17.5 Å². The van der Waals surface area contributed by atoms with E-state index >= 15 is 0 Å². The van der Waals surface area contributed by atoms with Gasteiger partial charge in [-0.25, -0.2) is 0 Å². The Balaban J connectivity index is 1.71. The molecule has 8 heteroatoms. The van der Waals surface area contributed by atoms with Crippen LogP contribution in [0.15, 0.2) is 28.7 Å². The van der Waals surface area contributed by atoms with Crippen LogP contribution in [0.2, 0.25) is 0 Å². The summed E-state index contributed by atoms with van der Waals surface area (Å²) in [7, 11) is 1.70. The van der Waals surface area contributed by atoms with Gasteiger partial charge in [0.05, 0.1) is 6.07 Å². The van der Waals surface area contributed by atoms with Crippen LogP contribution >= 0.6 is 15.9 Å². The Morgan fingerprint density at radius 2 is 2.00 bits per heavy atom. The molecular weight excluding hydrogens is 384 g/mol. The molecule has 7 nitrogen and oxygen atoms in total. The Labute approximate surface area is 154 Å². The second-order valence-electron chi connectivity index (χ2n) is 6.31. The summed E-state index contributed by atoms with van der Waals surface area (Å²) >= 11 is 3.38. The molecule has 1 saturated carbocycles. The molecule has 1 heterocycles. The molecule has 0 saturated heterocycles. The second kappa shape index (κ2) is 7.31. The zero-order valence-electron chi connectivity index (χ0n) is 14.0. The van der Waals surface area contributed by atoms with Crippen molar-refractivity contribution < 1.29 is 4.79 Å². The number of benzene rings is 1. The average molecular weight is 403 g/mol. The van der Waals surface area contributed by atoms with Crippen molar-refractivity contribution in [2.45, 2.75) is 44.2 Å². The SMILES string of the molecule is CN(C(=O)Cn1nnc(-c2ccc(Br)cc2)n1)C1(C#N)CCCCC1. The number of halogens is 1. The third-order valence-electron chi connectivity index (χ3n) is 4.74. The van der Waals surface area contributed by atoms with Crippen LogP contribution < -0.4 is 0 Å². The van der Waals surface area contributed by atoms with Gasteiger partial charge in [0.25, 0.3) is 0 Å². The first kappa shape index (κ1) is 17.5. The average Bonchev–Trinajstić information content (AvgIpc) is 3.10. The van der Waals surface area contributed by atoms with Gasteiger partial charge in [-0.15, -0.1) is 10.2 Å². The van der Waals surface area contributed by atoms with Crippen LogP contribution in [0.4, 0.5) is 0 Å². The number of hydrogen-bond acceptors (Lipinski definition) is 5. The van der Waals surface area contributed by atoms with E-state index in [1.807, 2.05) is 24.3 Å². The number of hydrogen-bond donors (Lipinski definition) is 0. The number of rotatable bonds is 4. The maximum absolute atomic E-state index is 12.6. The highest BCUT2D eigenvalue weighted by atomic mass is 79.9. The van der Waals surface area contributed by atoms with Crippen molar-refractivity contribution in [2.24, 2.45) is 0 Å². The molecule has 3 rings (SSSR count). The van der Waals surface area contributed by atoms with Gasteiger partial charge in [0.15, 0.2) is 0 Å². The number of carbonyl (C=O) groups is 1. The lowest BCUT2D eigenvalue weighted by molar-refractivity contribution is -0.136. The lowest BCUT2D eigenvalue weighted by Gasteiger charge is -2.38. The molecule has 2 aromatic rings. The predicted molar refractivity (Wildman–Crippen MR) is 95.2 cm³/mol. The maximum Gasteiger partial charge on any atom is 0.247 e. The van der Waals surface area contributed by atoms with Crippen molar-refractivity contribution >= 4 is 21.8 Å². The molecule has 0 N–H and O–H groups in total. The molecule has 0 bridgehead atoms. The first-order chi connectivity index (χ1) is 12.0. The molecule has 25 heavy (non-hydrogen) atoms. The Hall–Kier alpha value is -2.27. The summed E-state index contributed by atoms with van der Waals surface area (Å²) in [5.74, 6) is 0.291. The van der Waals surface area contributed by atoms with E-state index in [4.69, 9.17) is 0 Å². The molecule has 1 aliphatic rings. The van der Waals surface area contributed by atoms with Crippen LogP contribution in [0.3, 0.4) is 0 Å². The van der Waals surface area contributed by atoms with Gasteiger partial charge in [-0.1, -0.05) is 35.2 Å². The highest BCUT2D eigenvalue weighted by Crippen LogP contribution is 2.32. The number of nitrogens with zero attached hydrogens (tertiary/aromatic N) is 6. The minimum Gasteiger partial charge on any atom is -0.325 e. The van der Waals surface area contributed by atoms with Crippen LogP contribution in [0.5, 0.6) is 0 Å². The summed E-state index contributed by atoms with van der Waals surface area (Å²) in [4.78, 5) is 15.5. The van der Waals surface area contributed by atoms with E-state index in [1.54, 1.807) is 11.9 Å². The number of aromatic nitrogens is 4. The summed E-state index contributed by atoms with van der Waals surface area (Å²) < 4.78 is 0.967. The predicted octanol–water partition coefficient (Wildman–Crippen LogP) is 2.79. The van der Waals surface area contributed by atoms with Gasteiger partial charge in [0.2, 0.25) is 11.7 Å². The number of amides is 1. The third kappa shape index (κ3) is 3.71. The molecule has 1 aliphatic carbocycles. The topological polar surface area (TPSA) is 87.7 Å². The van der Waals surface area contributed by atoms with Gasteiger partial charge in [0, 0.05) is 17.1 Å². The van der Waals surface area contributed by atoms with Crippen LogP contribution in [-0.4, -0.2) is 43.6 Å². The number of carbonyl (C=O) groups excluding carboxylic acids is 1. The molecule has 0 spiro atoms. The van der Waals surface area contributed by atoms with Crippen molar-refractivity contribution in [3.05, 3.63) is 28.7 Å². The van der Waals surface area contributed by atoms with Crippen molar-refractivity contribution in [3.63, 3.8) is 0 Å². The van der Waals surface area contributed by atoms with E-state index in [-0.39, 0.29) is 12.5 Å². The van der Waals surface area contributed by atoms with E-state index in [9.17, 15) is 10.1 Å². The molecular formula is C17H19BrN6O. The smallest absolute Gasteiger partial charge is 0.247 e. The largest absolute Gasteiger partial charge is 0.325 e. The quantitative estimate of drug-likeness (QED) is 0.784. The van der Waals surface area contributed by atoms with Crippen LogP contribution in [0, 0.1) is 11.3 Å². The normalized spacial score (nSPS) is 16.2. The Bertz CT molecular complexity index is 788. The summed E-state index contributed by atoms with van der Waals surface area (Å²) in [6, 6.07) is 9.91. The summed E-state index contributed by atoms with van der Waals surface area (Å²) in [6.45, 7) is -0.0243. The van der Waals surface area contributed by atoms with Gasteiger partial charge in [-0.3, -0.25) is 4.79 Å². The summed E-state index contributed by atoms with van der Waals surface area (Å²) in [5.41, 5.74) is 0.126. The molecule has 1 fully saturated rings. The van der Waals surface area contributed by atoms with Gasteiger partial charge in [0.1, 0.15) is 12.1 Å². The minimum absolute atomic E-state index is 0.0243. The van der Waals surface area contributed by atoms with E-state index in [1.165, 1.54) is 4.80 Å². The molecule has 1 aromatic carbocycles. The summed E-state index contributed by atoms with van der Waals surface area (Å²) in [6.07, 6.45) is 4.51. The monoisotopic (exact) mass is 402 g/mol. The van der Waals surface area contributed by atoms with E-state index in [0.29, 0.717) is 5.82 Å². The Morgan fingerprint density at radius 1 is 1.32 bits per heavy atom. The van der Waals surface area contributed by atoms with E-state index in [2.05, 4.69) is 37.4 Å². The highest BCUT2D eigenvalue weighted by Gasteiger charge is 2.38. The highest BCUT2D eigenvalue weighted by molar-refractivity contribution is 9.10. The molecule has 130 valence electrons. The molecule has 1 aromatic heterocycles. The zero-order valence-corrected chi connectivity index (χ0v) is 15.6. The van der Waals surface area contributed by atoms with Gasteiger partial charge in [-0.2, -0.15) is 10.1 Å². The van der Waals surface area contributed by atoms with Gasteiger partial charge < -0.3 is 4.90 Å². The molecule has 0 unspecified atom stereocenters. The first-order valence-electron chi connectivity index (χ1n) is 8.26. The molecule has 1 amide bonds. The maximum atomic E-state index is 12.6. The second-order valence-corrected chi connectivity index (χ2v) is 7.22. The van der Waals surface area contributed by atoms with E-state index in [0.717, 1.165) is 42.1 Å². The fraction of sp³-hybridized carbons (Fsp3) is 0.471. The molecule has 0 atom stereocenters. The number of tetrazole rings is 1. The zero-order chi connectivity index (χ0) is 17.9. The number of nitriles is 1. The molecule has 0 aliphatic heterocycles. The number of likely N-dealkylation sites (N-methyl/N-ethyl adjacent to an activating group) is 1.